The van der Waals surface area contributed by atoms with E-state index in [4.69, 9.17) is 26.5 Å². The summed E-state index contributed by atoms with van der Waals surface area (Å²) in [5.74, 6) is 2.02. The average molecular weight is 454 g/mol. The summed E-state index contributed by atoms with van der Waals surface area (Å²) >= 11 is 0. The highest BCUT2D eigenvalue weighted by Gasteiger charge is 2.29. The van der Waals surface area contributed by atoms with Crippen LogP contribution >= 0.6 is 0 Å². The van der Waals surface area contributed by atoms with E-state index in [0.29, 0.717) is 28.8 Å². The fraction of sp³-hybridized carbons (Fsp3) is 0.250. The smallest absolute Gasteiger partial charge is 0.295 e. The van der Waals surface area contributed by atoms with Crippen LogP contribution < -0.4 is 9.64 Å². The summed E-state index contributed by atoms with van der Waals surface area (Å²) < 4.78 is 8.68. The molecule has 0 amide bonds. The van der Waals surface area contributed by atoms with Gasteiger partial charge in [0.1, 0.15) is 11.8 Å². The largest absolute Gasteiger partial charge is 0.497 e. The molecule has 4 aromatic rings. The Kier molecular flexibility index (Phi) is 5.74. The Balaban J connectivity index is 1.86. The number of rotatable bonds is 6. The molecule has 0 spiro atoms. The molecule has 0 aliphatic heterocycles. The van der Waals surface area contributed by atoms with Gasteiger partial charge in [-0.1, -0.05) is 6.57 Å². The van der Waals surface area contributed by atoms with E-state index in [-0.39, 0.29) is 5.82 Å². The van der Waals surface area contributed by atoms with Crippen LogP contribution in [0.3, 0.4) is 0 Å². The Bertz CT molecular complexity index is 1430. The van der Waals surface area contributed by atoms with Crippen molar-refractivity contribution in [3.63, 3.8) is 0 Å². The van der Waals surface area contributed by atoms with Crippen molar-refractivity contribution in [2.24, 2.45) is 0 Å². The molecule has 0 fully saturated rings. The zero-order valence-electron chi connectivity index (χ0n) is 19.6. The SMILES string of the molecule is [C-]#[N+]c1ccn(-c2cc(OC)cc(C(C)(C)c3cc(N(C)C)cc(-n4ccc(C#N)n4)n3)n2)n1. The van der Waals surface area contributed by atoms with Gasteiger partial charge < -0.3 is 14.5 Å². The second-order valence-corrected chi connectivity index (χ2v) is 8.33. The lowest BCUT2D eigenvalue weighted by Crippen LogP contribution is -2.25. The van der Waals surface area contributed by atoms with Gasteiger partial charge in [0, 0.05) is 55.8 Å². The molecule has 4 aromatic heterocycles. The molecule has 0 radical (unpaired) electrons. The van der Waals surface area contributed by atoms with E-state index >= 15 is 0 Å². The first kappa shape index (κ1) is 22.5. The van der Waals surface area contributed by atoms with Crippen molar-refractivity contribution >= 4 is 11.5 Å². The minimum Gasteiger partial charge on any atom is -0.497 e. The molecule has 0 saturated heterocycles. The number of hydrogen-bond acceptors (Lipinski definition) is 7. The molecule has 0 N–H and O–H groups in total. The Labute approximate surface area is 197 Å². The van der Waals surface area contributed by atoms with E-state index in [1.54, 1.807) is 47.1 Å². The highest BCUT2D eigenvalue weighted by atomic mass is 16.5. The van der Waals surface area contributed by atoms with Crippen molar-refractivity contribution in [1.29, 1.82) is 5.26 Å². The summed E-state index contributed by atoms with van der Waals surface area (Å²) in [7, 11) is 5.50. The molecule has 0 bridgehead atoms. The minimum absolute atomic E-state index is 0.284. The fourth-order valence-corrected chi connectivity index (χ4v) is 3.39. The van der Waals surface area contributed by atoms with Gasteiger partial charge in [0.25, 0.3) is 5.82 Å². The number of aromatic nitrogens is 6. The molecule has 34 heavy (non-hydrogen) atoms. The van der Waals surface area contributed by atoms with E-state index in [9.17, 15) is 0 Å². The highest BCUT2D eigenvalue weighted by molar-refractivity contribution is 5.53. The first-order chi connectivity index (χ1) is 16.2. The van der Waals surface area contributed by atoms with Gasteiger partial charge in [-0.25, -0.2) is 14.6 Å². The third-order valence-corrected chi connectivity index (χ3v) is 5.48. The molecular formula is C24H23N9O. The lowest BCUT2D eigenvalue weighted by atomic mass is 9.84. The third-order valence-electron chi connectivity index (χ3n) is 5.48. The first-order valence-corrected chi connectivity index (χ1v) is 10.4. The number of nitriles is 1. The Morgan fingerprint density at radius 3 is 2.24 bits per heavy atom. The molecule has 4 rings (SSSR count). The molecule has 0 aliphatic rings. The average Bonchev–Trinajstić information content (AvgIpc) is 3.53. The zero-order valence-corrected chi connectivity index (χ0v) is 19.6. The number of ether oxygens (including phenoxy) is 1. The van der Waals surface area contributed by atoms with Gasteiger partial charge in [-0.05, 0) is 37.1 Å². The van der Waals surface area contributed by atoms with Gasteiger partial charge in [0.2, 0.25) is 0 Å². The summed E-state index contributed by atoms with van der Waals surface area (Å²) in [5.41, 5.74) is 2.09. The lowest BCUT2D eigenvalue weighted by molar-refractivity contribution is 0.411. The van der Waals surface area contributed by atoms with Crippen molar-refractivity contribution in [2.75, 3.05) is 26.1 Å². The number of anilines is 1. The Hall–Kier alpha value is -4.70. The normalized spacial score (nSPS) is 11.0. The maximum atomic E-state index is 9.16. The molecule has 0 aliphatic carbocycles. The predicted molar refractivity (Wildman–Crippen MR) is 127 cm³/mol. The van der Waals surface area contributed by atoms with Crippen LogP contribution in [-0.4, -0.2) is 50.7 Å². The number of methoxy groups -OCH3 is 1. The molecule has 0 atom stereocenters. The van der Waals surface area contributed by atoms with Gasteiger partial charge in [0.05, 0.1) is 18.5 Å². The van der Waals surface area contributed by atoms with E-state index in [2.05, 4.69) is 15.0 Å². The van der Waals surface area contributed by atoms with Crippen molar-refractivity contribution in [1.82, 2.24) is 29.5 Å². The van der Waals surface area contributed by atoms with Crippen molar-refractivity contribution in [3.05, 3.63) is 77.3 Å². The quantitative estimate of drug-likeness (QED) is 0.411. The maximum Gasteiger partial charge on any atom is 0.295 e. The second-order valence-electron chi connectivity index (χ2n) is 8.33. The minimum atomic E-state index is -0.634. The summed E-state index contributed by atoms with van der Waals surface area (Å²) in [6, 6.07) is 12.9. The van der Waals surface area contributed by atoms with Crippen LogP contribution in [0, 0.1) is 17.9 Å². The van der Waals surface area contributed by atoms with Crippen LogP contribution in [0.2, 0.25) is 0 Å². The van der Waals surface area contributed by atoms with E-state index in [0.717, 1.165) is 11.4 Å². The second kappa shape index (κ2) is 8.68. The lowest BCUT2D eigenvalue weighted by Gasteiger charge is -2.26. The van der Waals surface area contributed by atoms with Crippen LogP contribution in [0.1, 0.15) is 30.9 Å². The molecule has 4 heterocycles. The van der Waals surface area contributed by atoms with Gasteiger partial charge in [-0.3, -0.25) is 0 Å². The number of hydrogen-bond donors (Lipinski definition) is 0. The molecule has 10 nitrogen and oxygen atoms in total. The van der Waals surface area contributed by atoms with Crippen molar-refractivity contribution < 1.29 is 4.74 Å². The third kappa shape index (κ3) is 4.17. The molecule has 0 unspecified atom stereocenters. The fourth-order valence-electron chi connectivity index (χ4n) is 3.39. The van der Waals surface area contributed by atoms with Crippen LogP contribution in [0.15, 0.2) is 48.8 Å². The molecule has 10 heteroatoms. The predicted octanol–water partition coefficient (Wildman–Crippen LogP) is 3.67. The van der Waals surface area contributed by atoms with Gasteiger partial charge in [-0.15, -0.1) is 4.68 Å². The molecule has 0 saturated carbocycles. The van der Waals surface area contributed by atoms with Crippen molar-refractivity contribution in [3.8, 4) is 23.5 Å². The monoisotopic (exact) mass is 453 g/mol. The van der Waals surface area contributed by atoms with Gasteiger partial charge in [-0.2, -0.15) is 10.4 Å². The van der Waals surface area contributed by atoms with Crippen LogP contribution in [0.5, 0.6) is 5.75 Å². The maximum absolute atomic E-state index is 9.16. The first-order valence-electron chi connectivity index (χ1n) is 10.4. The highest BCUT2D eigenvalue weighted by Crippen LogP contribution is 2.34. The Morgan fingerprint density at radius 2 is 1.65 bits per heavy atom. The van der Waals surface area contributed by atoms with Gasteiger partial charge >= 0.3 is 0 Å². The Morgan fingerprint density at radius 1 is 1.00 bits per heavy atom. The van der Waals surface area contributed by atoms with E-state index in [1.807, 2.05) is 57.1 Å². The van der Waals surface area contributed by atoms with Crippen LogP contribution in [-0.2, 0) is 5.41 Å². The van der Waals surface area contributed by atoms with Gasteiger partial charge in [0.15, 0.2) is 17.3 Å². The van der Waals surface area contributed by atoms with Crippen molar-refractivity contribution in [2.45, 2.75) is 19.3 Å². The molecule has 0 aromatic carbocycles. The van der Waals surface area contributed by atoms with E-state index < -0.39 is 5.41 Å². The number of nitrogens with zero attached hydrogens (tertiary/aromatic N) is 9. The van der Waals surface area contributed by atoms with E-state index in [1.165, 1.54) is 0 Å². The zero-order chi connectivity index (χ0) is 24.5. The molecular weight excluding hydrogens is 430 g/mol. The van der Waals surface area contributed by atoms with Crippen LogP contribution in [0.25, 0.3) is 16.5 Å². The summed E-state index contributed by atoms with van der Waals surface area (Å²) in [5, 5.41) is 17.7. The number of pyridine rings is 2. The molecule has 170 valence electrons. The van der Waals surface area contributed by atoms with Crippen LogP contribution in [0.4, 0.5) is 11.5 Å². The summed E-state index contributed by atoms with van der Waals surface area (Å²) in [6.45, 7) is 11.2. The standard InChI is InChI=1S/C24H23N9O/c1-24(2,20-13-18(34-6)14-23(28-20)33-10-8-21(26-3)30-33)19-11-17(31(4)5)12-22(27-19)32-9-7-16(15-25)29-32/h7-14H,1-2,4-6H3. The topological polar surface area (TPSA) is 102 Å². The summed E-state index contributed by atoms with van der Waals surface area (Å²) in [6.07, 6.45) is 3.41. The summed E-state index contributed by atoms with van der Waals surface area (Å²) in [4.78, 5) is 15.1.